The van der Waals surface area contributed by atoms with Crippen molar-refractivity contribution in [3.05, 3.63) is 29.6 Å². The minimum Gasteiger partial charge on any atom is -0.371 e. The maximum Gasteiger partial charge on any atom is 0.130 e. The lowest BCUT2D eigenvalue weighted by Gasteiger charge is -2.38. The molecule has 1 saturated heterocycles. The molecule has 0 spiro atoms. The number of nitrogens with two attached hydrogens (primary N) is 1. The van der Waals surface area contributed by atoms with Crippen molar-refractivity contribution < 1.29 is 4.39 Å². The molecule has 0 radical (unpaired) electrons. The zero-order valence-corrected chi connectivity index (χ0v) is 11.5. The first kappa shape index (κ1) is 13.3. The summed E-state index contributed by atoms with van der Waals surface area (Å²) in [5.74, 6) is 1.12. The molecular weight excluding hydrogens is 227 g/mol. The van der Waals surface area contributed by atoms with Crippen molar-refractivity contribution in [3.63, 3.8) is 0 Å². The minimum absolute atomic E-state index is 0.187. The third-order valence-corrected chi connectivity index (χ3v) is 3.69. The molecule has 0 saturated carbocycles. The van der Waals surface area contributed by atoms with Crippen LogP contribution in [0.5, 0.6) is 0 Å². The van der Waals surface area contributed by atoms with E-state index in [0.29, 0.717) is 17.4 Å². The molecule has 0 amide bonds. The third-order valence-electron chi connectivity index (χ3n) is 3.69. The van der Waals surface area contributed by atoms with Gasteiger partial charge in [-0.3, -0.25) is 0 Å². The van der Waals surface area contributed by atoms with Crippen LogP contribution in [0.4, 0.5) is 10.1 Å². The lowest BCUT2D eigenvalue weighted by molar-refractivity contribution is 0.356. The standard InChI is InChI=1S/C15H23FN2/c1-10-7-11(2)9-18(8-10)14-6-4-5-13(16)15(14)12(3)17/h4-6,10-12H,7-9,17H2,1-3H3/t10?,11?,12-/m1/s1. The summed E-state index contributed by atoms with van der Waals surface area (Å²) in [5.41, 5.74) is 7.55. The van der Waals surface area contributed by atoms with Crippen LogP contribution < -0.4 is 10.6 Å². The van der Waals surface area contributed by atoms with Crippen LogP contribution in [-0.2, 0) is 0 Å². The second kappa shape index (κ2) is 5.27. The molecule has 2 nitrogen and oxygen atoms in total. The van der Waals surface area contributed by atoms with Gasteiger partial charge in [-0.2, -0.15) is 0 Å². The largest absolute Gasteiger partial charge is 0.371 e. The molecule has 1 aliphatic heterocycles. The highest BCUT2D eigenvalue weighted by atomic mass is 19.1. The smallest absolute Gasteiger partial charge is 0.130 e. The van der Waals surface area contributed by atoms with Crippen LogP contribution >= 0.6 is 0 Å². The van der Waals surface area contributed by atoms with Gasteiger partial charge in [-0.25, -0.2) is 4.39 Å². The molecule has 0 bridgehead atoms. The van der Waals surface area contributed by atoms with E-state index >= 15 is 0 Å². The summed E-state index contributed by atoms with van der Waals surface area (Å²) in [6.45, 7) is 8.35. The fourth-order valence-corrected chi connectivity index (χ4v) is 3.11. The molecule has 1 heterocycles. The van der Waals surface area contributed by atoms with E-state index in [1.807, 2.05) is 13.0 Å². The molecule has 1 aromatic rings. The average molecular weight is 250 g/mol. The van der Waals surface area contributed by atoms with Crippen molar-refractivity contribution >= 4 is 5.69 Å². The average Bonchev–Trinajstić information content (AvgIpc) is 2.26. The highest BCUT2D eigenvalue weighted by Crippen LogP contribution is 2.32. The van der Waals surface area contributed by atoms with E-state index in [4.69, 9.17) is 5.73 Å². The van der Waals surface area contributed by atoms with E-state index in [9.17, 15) is 4.39 Å². The second-order valence-electron chi connectivity index (χ2n) is 5.81. The second-order valence-corrected chi connectivity index (χ2v) is 5.81. The summed E-state index contributed by atoms with van der Waals surface area (Å²) in [6, 6.07) is 5.00. The number of piperidine rings is 1. The normalized spacial score (nSPS) is 26.2. The Kier molecular flexibility index (Phi) is 3.91. The molecule has 1 fully saturated rings. The van der Waals surface area contributed by atoms with Crippen molar-refractivity contribution in [2.45, 2.75) is 33.2 Å². The van der Waals surface area contributed by atoms with Crippen molar-refractivity contribution in [1.29, 1.82) is 0 Å². The number of anilines is 1. The summed E-state index contributed by atoms with van der Waals surface area (Å²) in [7, 11) is 0. The Bertz CT molecular complexity index is 407. The van der Waals surface area contributed by atoms with Gasteiger partial charge in [0.25, 0.3) is 0 Å². The topological polar surface area (TPSA) is 29.3 Å². The van der Waals surface area contributed by atoms with Gasteiger partial charge in [-0.05, 0) is 37.3 Å². The van der Waals surface area contributed by atoms with Gasteiger partial charge in [0.05, 0.1) is 0 Å². The van der Waals surface area contributed by atoms with Crippen LogP contribution in [0.1, 0.15) is 38.8 Å². The molecule has 3 heteroatoms. The molecule has 100 valence electrons. The van der Waals surface area contributed by atoms with E-state index in [-0.39, 0.29) is 11.9 Å². The Balaban J connectivity index is 2.35. The summed E-state index contributed by atoms with van der Waals surface area (Å²) in [6.07, 6.45) is 1.25. The molecule has 2 N–H and O–H groups in total. The monoisotopic (exact) mass is 250 g/mol. The Hall–Kier alpha value is -1.09. The number of nitrogens with zero attached hydrogens (tertiary/aromatic N) is 1. The maximum absolute atomic E-state index is 13.9. The predicted molar refractivity (Wildman–Crippen MR) is 74.2 cm³/mol. The van der Waals surface area contributed by atoms with Gasteiger partial charge < -0.3 is 10.6 Å². The number of hydrogen-bond donors (Lipinski definition) is 1. The van der Waals surface area contributed by atoms with Crippen molar-refractivity contribution in [3.8, 4) is 0 Å². The molecule has 0 aliphatic carbocycles. The molecule has 1 aromatic carbocycles. The Labute approximate surface area is 109 Å². The lowest BCUT2D eigenvalue weighted by atomic mass is 9.90. The predicted octanol–water partition coefficient (Wildman–Crippen LogP) is 3.33. The lowest BCUT2D eigenvalue weighted by Crippen LogP contribution is -2.39. The first-order chi connectivity index (χ1) is 8.49. The third kappa shape index (κ3) is 2.66. The Morgan fingerprint density at radius 3 is 2.44 bits per heavy atom. The number of benzene rings is 1. The van der Waals surface area contributed by atoms with Crippen LogP contribution in [0.2, 0.25) is 0 Å². The van der Waals surface area contributed by atoms with Gasteiger partial charge >= 0.3 is 0 Å². The van der Waals surface area contributed by atoms with E-state index in [1.165, 1.54) is 12.5 Å². The van der Waals surface area contributed by atoms with E-state index < -0.39 is 0 Å². The number of hydrogen-bond acceptors (Lipinski definition) is 2. The summed E-state index contributed by atoms with van der Waals surface area (Å²) < 4.78 is 13.9. The molecule has 2 unspecified atom stereocenters. The van der Waals surface area contributed by atoms with Gasteiger partial charge in [0.1, 0.15) is 5.82 Å². The van der Waals surface area contributed by atoms with Crippen LogP contribution in [0.3, 0.4) is 0 Å². The summed E-state index contributed by atoms with van der Waals surface area (Å²) >= 11 is 0. The van der Waals surface area contributed by atoms with Crippen molar-refractivity contribution in [2.75, 3.05) is 18.0 Å². The molecule has 3 atom stereocenters. The summed E-state index contributed by atoms with van der Waals surface area (Å²) in [5, 5.41) is 0. The fraction of sp³-hybridized carbons (Fsp3) is 0.600. The Morgan fingerprint density at radius 1 is 1.28 bits per heavy atom. The molecule has 0 aromatic heterocycles. The summed E-state index contributed by atoms with van der Waals surface area (Å²) in [4.78, 5) is 2.29. The Morgan fingerprint density at radius 2 is 1.89 bits per heavy atom. The van der Waals surface area contributed by atoms with Crippen LogP contribution in [0.25, 0.3) is 0 Å². The number of rotatable bonds is 2. The van der Waals surface area contributed by atoms with Gasteiger partial charge in [0.15, 0.2) is 0 Å². The van der Waals surface area contributed by atoms with Gasteiger partial charge in [-0.1, -0.05) is 19.9 Å². The molecule has 1 aliphatic rings. The molecular formula is C15H23FN2. The van der Waals surface area contributed by atoms with Crippen LogP contribution in [-0.4, -0.2) is 13.1 Å². The van der Waals surface area contributed by atoms with Crippen molar-refractivity contribution in [2.24, 2.45) is 17.6 Å². The zero-order valence-electron chi connectivity index (χ0n) is 11.5. The molecule has 18 heavy (non-hydrogen) atoms. The van der Waals surface area contributed by atoms with Gasteiger partial charge in [0.2, 0.25) is 0 Å². The highest BCUT2D eigenvalue weighted by Gasteiger charge is 2.25. The van der Waals surface area contributed by atoms with Crippen molar-refractivity contribution in [1.82, 2.24) is 0 Å². The minimum atomic E-state index is -0.270. The number of halogens is 1. The highest BCUT2D eigenvalue weighted by molar-refractivity contribution is 5.56. The van der Waals surface area contributed by atoms with E-state index in [1.54, 1.807) is 6.07 Å². The zero-order chi connectivity index (χ0) is 13.3. The quantitative estimate of drug-likeness (QED) is 0.872. The first-order valence-corrected chi connectivity index (χ1v) is 6.78. The maximum atomic E-state index is 13.9. The SMILES string of the molecule is CC1CC(C)CN(c2cccc(F)c2[C@@H](C)N)C1. The first-order valence-electron chi connectivity index (χ1n) is 6.78. The van der Waals surface area contributed by atoms with Crippen LogP contribution in [0, 0.1) is 17.7 Å². The van der Waals surface area contributed by atoms with E-state index in [0.717, 1.165) is 18.8 Å². The molecule has 2 rings (SSSR count). The van der Waals surface area contributed by atoms with Crippen LogP contribution in [0.15, 0.2) is 18.2 Å². The van der Waals surface area contributed by atoms with Gasteiger partial charge in [-0.15, -0.1) is 0 Å². The van der Waals surface area contributed by atoms with E-state index in [2.05, 4.69) is 18.7 Å². The van der Waals surface area contributed by atoms with Gasteiger partial charge in [0, 0.05) is 30.4 Å². The fourth-order valence-electron chi connectivity index (χ4n) is 3.11.